The van der Waals surface area contributed by atoms with Gasteiger partial charge in [0.25, 0.3) is 0 Å². The summed E-state index contributed by atoms with van der Waals surface area (Å²) in [5, 5.41) is 3.48. The first-order valence-electron chi connectivity index (χ1n) is 6.41. The van der Waals surface area contributed by atoms with Crippen LogP contribution in [0.25, 0.3) is 0 Å². The monoisotopic (exact) mass is 234 g/mol. The van der Waals surface area contributed by atoms with E-state index in [-0.39, 0.29) is 0 Å². The summed E-state index contributed by atoms with van der Waals surface area (Å²) >= 11 is 0. The van der Waals surface area contributed by atoms with Gasteiger partial charge in [-0.3, -0.25) is 0 Å². The topological polar surface area (TPSA) is 47.3 Å². The third-order valence-electron chi connectivity index (χ3n) is 3.21. The second-order valence-corrected chi connectivity index (χ2v) is 4.93. The number of hydrogen-bond donors (Lipinski definition) is 2. The molecular formula is C14H22N2O. The highest BCUT2D eigenvalue weighted by Gasteiger charge is 2.18. The first-order chi connectivity index (χ1) is 8.19. The second kappa shape index (κ2) is 5.52. The minimum Gasteiger partial charge on any atom is -0.490 e. The van der Waals surface area contributed by atoms with Crippen molar-refractivity contribution in [3.63, 3.8) is 0 Å². The maximum atomic E-state index is 5.69. The number of ether oxygens (including phenoxy) is 1. The summed E-state index contributed by atoms with van der Waals surface area (Å²) in [6, 6.07) is 6.95. The summed E-state index contributed by atoms with van der Waals surface area (Å²) in [5.41, 5.74) is 8.19. The van der Waals surface area contributed by atoms with Crippen molar-refractivity contribution in [3.8, 4) is 5.75 Å². The summed E-state index contributed by atoms with van der Waals surface area (Å²) in [4.78, 5) is 0. The zero-order valence-electron chi connectivity index (χ0n) is 10.7. The molecule has 1 aromatic carbocycles. The Kier molecular flexibility index (Phi) is 4.02. The lowest BCUT2D eigenvalue weighted by molar-refractivity contribution is 0.254. The average molecular weight is 234 g/mol. The third-order valence-corrected chi connectivity index (χ3v) is 3.21. The molecule has 2 unspecified atom stereocenters. The van der Waals surface area contributed by atoms with Crippen LogP contribution in [0.15, 0.2) is 18.2 Å². The van der Waals surface area contributed by atoms with Crippen molar-refractivity contribution in [3.05, 3.63) is 29.3 Å². The lowest BCUT2D eigenvalue weighted by Gasteiger charge is -2.12. The van der Waals surface area contributed by atoms with Crippen LogP contribution in [0.1, 0.15) is 31.4 Å². The van der Waals surface area contributed by atoms with Crippen LogP contribution in [0.4, 0.5) is 0 Å². The van der Waals surface area contributed by atoms with Gasteiger partial charge in [0, 0.05) is 19.0 Å². The lowest BCUT2D eigenvalue weighted by atomic mass is 10.1. The van der Waals surface area contributed by atoms with Gasteiger partial charge in [0.1, 0.15) is 11.9 Å². The Hall–Kier alpha value is -1.06. The number of fused-ring (bicyclic) bond motifs is 1. The molecule has 0 saturated heterocycles. The van der Waals surface area contributed by atoms with Gasteiger partial charge < -0.3 is 15.8 Å². The average Bonchev–Trinajstić information content (AvgIpc) is 2.66. The highest BCUT2D eigenvalue weighted by molar-refractivity contribution is 5.40. The molecule has 3 nitrogen and oxygen atoms in total. The van der Waals surface area contributed by atoms with Gasteiger partial charge in [-0.2, -0.15) is 0 Å². The normalized spacial score (nSPS) is 19.8. The molecule has 0 aromatic heterocycles. The fourth-order valence-corrected chi connectivity index (χ4v) is 2.23. The smallest absolute Gasteiger partial charge is 0.123 e. The lowest BCUT2D eigenvalue weighted by Crippen LogP contribution is -2.27. The quantitative estimate of drug-likeness (QED) is 0.817. The summed E-state index contributed by atoms with van der Waals surface area (Å²) in [6.45, 7) is 5.93. The van der Waals surface area contributed by atoms with Gasteiger partial charge in [0.2, 0.25) is 0 Å². The highest BCUT2D eigenvalue weighted by atomic mass is 16.5. The second-order valence-electron chi connectivity index (χ2n) is 4.93. The molecular weight excluding hydrogens is 212 g/mol. The predicted molar refractivity (Wildman–Crippen MR) is 70.2 cm³/mol. The number of nitrogens with two attached hydrogens (primary N) is 1. The number of rotatable bonds is 5. The van der Waals surface area contributed by atoms with E-state index in [0.29, 0.717) is 12.1 Å². The molecule has 17 heavy (non-hydrogen) atoms. The fourth-order valence-electron chi connectivity index (χ4n) is 2.23. The van der Waals surface area contributed by atoms with Crippen LogP contribution in [0.2, 0.25) is 0 Å². The Morgan fingerprint density at radius 1 is 1.53 bits per heavy atom. The Balaban J connectivity index is 1.92. The Morgan fingerprint density at radius 2 is 2.35 bits per heavy atom. The van der Waals surface area contributed by atoms with Crippen molar-refractivity contribution in [2.45, 2.75) is 45.4 Å². The van der Waals surface area contributed by atoms with E-state index in [1.54, 1.807) is 0 Å². The van der Waals surface area contributed by atoms with Gasteiger partial charge in [0.05, 0.1) is 0 Å². The molecule has 0 bridgehead atoms. The molecule has 1 aromatic rings. The van der Waals surface area contributed by atoms with E-state index in [4.69, 9.17) is 10.5 Å². The van der Waals surface area contributed by atoms with Crippen LogP contribution in [0.3, 0.4) is 0 Å². The Labute approximate surface area is 103 Å². The van der Waals surface area contributed by atoms with Crippen molar-refractivity contribution < 1.29 is 4.74 Å². The maximum Gasteiger partial charge on any atom is 0.123 e. The molecule has 0 saturated carbocycles. The minimum atomic E-state index is 0.323. The zero-order chi connectivity index (χ0) is 12.3. The molecule has 2 atom stereocenters. The molecule has 94 valence electrons. The minimum absolute atomic E-state index is 0.323. The fraction of sp³-hybridized carbons (Fsp3) is 0.571. The number of hydrogen-bond acceptors (Lipinski definition) is 3. The van der Waals surface area contributed by atoms with E-state index in [9.17, 15) is 0 Å². The molecule has 0 radical (unpaired) electrons. The summed E-state index contributed by atoms with van der Waals surface area (Å²) in [5.74, 6) is 1.05. The van der Waals surface area contributed by atoms with E-state index in [0.717, 1.165) is 31.7 Å². The predicted octanol–water partition coefficient (Wildman–Crippen LogP) is 1.84. The van der Waals surface area contributed by atoms with E-state index in [1.807, 2.05) is 0 Å². The molecule has 0 amide bonds. The van der Waals surface area contributed by atoms with Crippen LogP contribution in [0, 0.1) is 0 Å². The molecule has 3 N–H and O–H groups in total. The summed E-state index contributed by atoms with van der Waals surface area (Å²) < 4.78 is 5.69. The van der Waals surface area contributed by atoms with Crippen LogP contribution in [-0.2, 0) is 13.0 Å². The largest absolute Gasteiger partial charge is 0.490 e. The van der Waals surface area contributed by atoms with Crippen LogP contribution < -0.4 is 15.8 Å². The van der Waals surface area contributed by atoms with Gasteiger partial charge >= 0.3 is 0 Å². The molecule has 1 heterocycles. The van der Waals surface area contributed by atoms with Crippen molar-refractivity contribution in [1.29, 1.82) is 0 Å². The van der Waals surface area contributed by atoms with E-state index < -0.39 is 0 Å². The first kappa shape index (κ1) is 12.4. The van der Waals surface area contributed by atoms with E-state index >= 15 is 0 Å². The summed E-state index contributed by atoms with van der Waals surface area (Å²) in [7, 11) is 0. The Morgan fingerprint density at radius 3 is 3.12 bits per heavy atom. The van der Waals surface area contributed by atoms with Crippen molar-refractivity contribution >= 4 is 0 Å². The Bertz CT molecular complexity index is 378. The summed E-state index contributed by atoms with van der Waals surface area (Å²) in [6.07, 6.45) is 2.37. The standard InChI is InChI=1S/C14H22N2O/c1-10(5-6-15)16-9-12-3-4-14-13(8-12)7-11(2)17-14/h3-4,8,10-11,16H,5-7,9,15H2,1-2H3. The van der Waals surface area contributed by atoms with Gasteiger partial charge in [-0.15, -0.1) is 0 Å². The molecule has 2 rings (SSSR count). The zero-order valence-corrected chi connectivity index (χ0v) is 10.7. The molecule has 0 aliphatic carbocycles. The molecule has 1 aliphatic heterocycles. The molecule has 3 heteroatoms. The number of benzene rings is 1. The van der Waals surface area contributed by atoms with E-state index in [1.165, 1.54) is 11.1 Å². The van der Waals surface area contributed by atoms with Gasteiger partial charge in [-0.1, -0.05) is 12.1 Å². The van der Waals surface area contributed by atoms with Gasteiger partial charge in [0.15, 0.2) is 0 Å². The van der Waals surface area contributed by atoms with Crippen LogP contribution >= 0.6 is 0 Å². The van der Waals surface area contributed by atoms with Gasteiger partial charge in [-0.05, 0) is 44.0 Å². The maximum absolute atomic E-state index is 5.69. The van der Waals surface area contributed by atoms with Crippen molar-refractivity contribution in [2.75, 3.05) is 6.54 Å². The SMILES string of the molecule is CC(CCN)NCc1ccc2c(c1)CC(C)O2. The van der Waals surface area contributed by atoms with E-state index in [2.05, 4.69) is 37.4 Å². The van der Waals surface area contributed by atoms with Crippen molar-refractivity contribution in [1.82, 2.24) is 5.32 Å². The molecule has 0 spiro atoms. The number of nitrogens with one attached hydrogen (secondary N) is 1. The van der Waals surface area contributed by atoms with Crippen LogP contribution in [-0.4, -0.2) is 18.7 Å². The third kappa shape index (κ3) is 3.20. The van der Waals surface area contributed by atoms with Gasteiger partial charge in [-0.25, -0.2) is 0 Å². The van der Waals surface area contributed by atoms with Crippen LogP contribution in [0.5, 0.6) is 5.75 Å². The van der Waals surface area contributed by atoms with Crippen molar-refractivity contribution in [2.24, 2.45) is 5.73 Å². The molecule has 0 fully saturated rings. The highest BCUT2D eigenvalue weighted by Crippen LogP contribution is 2.29. The molecule has 1 aliphatic rings. The first-order valence-corrected chi connectivity index (χ1v) is 6.41.